The first-order chi connectivity index (χ1) is 12.8. The van der Waals surface area contributed by atoms with Crippen molar-refractivity contribution in [3.05, 3.63) is 48.2 Å². The fraction of sp³-hybridized carbons (Fsp3) is 0.421. The zero-order valence-electron chi connectivity index (χ0n) is 15.0. The average molecular weight is 375 g/mol. The van der Waals surface area contributed by atoms with Crippen LogP contribution in [0.4, 0.5) is 5.88 Å². The van der Waals surface area contributed by atoms with E-state index in [4.69, 9.17) is 26.1 Å². The van der Waals surface area contributed by atoms with Gasteiger partial charge in [0.2, 0.25) is 0 Å². The summed E-state index contributed by atoms with van der Waals surface area (Å²) in [7, 11) is 1.69. The summed E-state index contributed by atoms with van der Waals surface area (Å²) >= 11 is 5.64. The number of anilines is 1. The van der Waals surface area contributed by atoms with Crippen LogP contribution < -0.4 is 10.1 Å². The van der Waals surface area contributed by atoms with Crippen LogP contribution in [0.2, 0.25) is 0 Å². The van der Waals surface area contributed by atoms with Gasteiger partial charge in [-0.05, 0) is 24.4 Å². The number of rotatable bonds is 7. The first-order valence-electron chi connectivity index (χ1n) is 8.77. The number of hydrogen-bond acceptors (Lipinski definition) is 5. The van der Waals surface area contributed by atoms with Crippen molar-refractivity contribution in [1.82, 2.24) is 9.80 Å². The van der Waals surface area contributed by atoms with Gasteiger partial charge < -0.3 is 24.1 Å². The number of morpholine rings is 1. The van der Waals surface area contributed by atoms with Gasteiger partial charge in [-0.15, -0.1) is 0 Å². The Morgan fingerprint density at radius 2 is 2.04 bits per heavy atom. The van der Waals surface area contributed by atoms with E-state index < -0.39 is 0 Å². The Morgan fingerprint density at radius 3 is 2.77 bits per heavy atom. The van der Waals surface area contributed by atoms with E-state index in [0.717, 1.165) is 50.7 Å². The number of thiocarbonyl (C=S) groups is 1. The number of hydrogen-bond donors (Lipinski definition) is 1. The van der Waals surface area contributed by atoms with Crippen molar-refractivity contribution >= 4 is 23.2 Å². The van der Waals surface area contributed by atoms with E-state index in [0.29, 0.717) is 17.5 Å². The Labute approximate surface area is 159 Å². The quantitative estimate of drug-likeness (QED) is 0.747. The molecular formula is C19H25N3O3S. The Balaban J connectivity index is 1.68. The molecule has 3 rings (SSSR count). The summed E-state index contributed by atoms with van der Waals surface area (Å²) in [5.74, 6) is 1.51. The van der Waals surface area contributed by atoms with Gasteiger partial charge >= 0.3 is 0 Å². The average Bonchev–Trinajstić information content (AvgIpc) is 3.19. The van der Waals surface area contributed by atoms with Crippen LogP contribution in [0.1, 0.15) is 5.56 Å². The lowest BCUT2D eigenvalue weighted by Gasteiger charge is -2.31. The van der Waals surface area contributed by atoms with Crippen molar-refractivity contribution in [2.75, 3.05) is 51.8 Å². The topological polar surface area (TPSA) is 50.1 Å². The molecule has 6 nitrogen and oxygen atoms in total. The molecule has 7 heteroatoms. The molecule has 140 valence electrons. The third-order valence-corrected chi connectivity index (χ3v) is 4.74. The normalized spacial score (nSPS) is 14.8. The maximum Gasteiger partial charge on any atom is 0.198 e. The summed E-state index contributed by atoms with van der Waals surface area (Å²) in [6.45, 7) is 5.91. The van der Waals surface area contributed by atoms with Crippen LogP contribution in [0.25, 0.3) is 0 Å². The summed E-state index contributed by atoms with van der Waals surface area (Å²) < 4.78 is 16.3. The lowest BCUT2D eigenvalue weighted by molar-refractivity contribution is 0.0358. The highest BCUT2D eigenvalue weighted by Crippen LogP contribution is 2.20. The summed E-state index contributed by atoms with van der Waals surface area (Å²) in [5.41, 5.74) is 1.10. The van der Waals surface area contributed by atoms with Gasteiger partial charge in [-0.1, -0.05) is 18.2 Å². The van der Waals surface area contributed by atoms with E-state index in [1.165, 1.54) is 0 Å². The van der Waals surface area contributed by atoms with Gasteiger partial charge in [0.05, 0.1) is 26.6 Å². The van der Waals surface area contributed by atoms with E-state index in [1.54, 1.807) is 13.4 Å². The van der Waals surface area contributed by atoms with Crippen LogP contribution >= 0.6 is 12.2 Å². The number of nitrogens with zero attached hydrogens (tertiary/aromatic N) is 2. The van der Waals surface area contributed by atoms with Crippen molar-refractivity contribution in [3.8, 4) is 5.75 Å². The molecular weight excluding hydrogens is 350 g/mol. The molecule has 0 unspecified atom stereocenters. The highest BCUT2D eigenvalue weighted by molar-refractivity contribution is 7.80. The van der Waals surface area contributed by atoms with Crippen LogP contribution in [0.15, 0.2) is 47.1 Å². The van der Waals surface area contributed by atoms with Gasteiger partial charge in [-0.25, -0.2) is 0 Å². The molecule has 0 spiro atoms. The second kappa shape index (κ2) is 9.56. The monoisotopic (exact) mass is 375 g/mol. The van der Waals surface area contributed by atoms with Crippen LogP contribution in [-0.4, -0.2) is 61.4 Å². The molecule has 1 fully saturated rings. The molecule has 1 aliphatic heterocycles. The van der Waals surface area contributed by atoms with Crippen molar-refractivity contribution in [2.45, 2.75) is 6.54 Å². The molecule has 0 radical (unpaired) electrons. The number of methoxy groups -OCH3 is 1. The van der Waals surface area contributed by atoms with E-state index >= 15 is 0 Å². The molecule has 1 saturated heterocycles. The maximum absolute atomic E-state index is 5.64. The molecule has 0 bridgehead atoms. The predicted molar refractivity (Wildman–Crippen MR) is 106 cm³/mol. The van der Waals surface area contributed by atoms with Gasteiger partial charge in [0.25, 0.3) is 0 Å². The molecule has 26 heavy (non-hydrogen) atoms. The minimum Gasteiger partial charge on any atom is -0.496 e. The zero-order valence-corrected chi connectivity index (χ0v) is 15.8. The van der Waals surface area contributed by atoms with Crippen molar-refractivity contribution in [2.24, 2.45) is 0 Å². The molecule has 2 heterocycles. The van der Waals surface area contributed by atoms with E-state index in [2.05, 4.69) is 21.2 Å². The number of nitrogens with one attached hydrogen (secondary N) is 1. The van der Waals surface area contributed by atoms with Crippen LogP contribution in [0.5, 0.6) is 5.75 Å². The molecule has 0 amide bonds. The molecule has 1 aromatic heterocycles. The van der Waals surface area contributed by atoms with E-state index in [9.17, 15) is 0 Å². The molecule has 1 aliphatic rings. The van der Waals surface area contributed by atoms with Crippen molar-refractivity contribution < 1.29 is 13.9 Å². The number of para-hydroxylation sites is 1. The van der Waals surface area contributed by atoms with E-state index in [-0.39, 0.29) is 0 Å². The largest absolute Gasteiger partial charge is 0.496 e. The number of benzene rings is 1. The van der Waals surface area contributed by atoms with Crippen LogP contribution in [-0.2, 0) is 11.3 Å². The fourth-order valence-corrected chi connectivity index (χ4v) is 3.17. The van der Waals surface area contributed by atoms with Crippen LogP contribution in [0.3, 0.4) is 0 Å². The highest BCUT2D eigenvalue weighted by atomic mass is 32.1. The summed E-state index contributed by atoms with van der Waals surface area (Å²) in [6, 6.07) is 11.7. The van der Waals surface area contributed by atoms with Gasteiger partial charge in [-0.2, -0.15) is 0 Å². The highest BCUT2D eigenvalue weighted by Gasteiger charge is 2.17. The maximum atomic E-state index is 5.64. The second-order valence-electron chi connectivity index (χ2n) is 6.09. The Hall–Kier alpha value is -2.09. The number of ether oxygens (including phenoxy) is 2. The molecule has 1 N–H and O–H groups in total. The van der Waals surface area contributed by atoms with Gasteiger partial charge in [-0.3, -0.25) is 4.90 Å². The molecule has 0 aliphatic carbocycles. The van der Waals surface area contributed by atoms with Gasteiger partial charge in [0, 0.05) is 44.4 Å². The molecule has 2 aromatic rings. The smallest absolute Gasteiger partial charge is 0.198 e. The van der Waals surface area contributed by atoms with E-state index in [1.807, 2.05) is 30.3 Å². The van der Waals surface area contributed by atoms with Crippen molar-refractivity contribution in [1.29, 1.82) is 0 Å². The third kappa shape index (κ3) is 5.20. The minimum atomic E-state index is 0.638. The lowest BCUT2D eigenvalue weighted by atomic mass is 10.2. The SMILES string of the molecule is COc1ccccc1CN(CCN1CCOCC1)C(=S)Nc1ccco1. The standard InChI is InChI=1S/C19H25N3O3S/c1-23-17-6-3-2-5-16(17)15-22(9-8-21-10-13-24-14-11-21)19(26)20-18-7-4-12-25-18/h2-7,12H,8-11,13-15H2,1H3,(H,20,26). The summed E-state index contributed by atoms with van der Waals surface area (Å²) in [6.07, 6.45) is 1.63. The van der Waals surface area contributed by atoms with Crippen molar-refractivity contribution in [3.63, 3.8) is 0 Å². The predicted octanol–water partition coefficient (Wildman–Crippen LogP) is 2.82. The Bertz CT molecular complexity index is 687. The lowest BCUT2D eigenvalue weighted by Crippen LogP contribution is -2.44. The molecule has 0 atom stereocenters. The third-order valence-electron chi connectivity index (χ3n) is 4.38. The summed E-state index contributed by atoms with van der Waals surface area (Å²) in [4.78, 5) is 4.54. The minimum absolute atomic E-state index is 0.638. The van der Waals surface area contributed by atoms with Crippen LogP contribution in [0, 0.1) is 0 Å². The Morgan fingerprint density at radius 1 is 1.23 bits per heavy atom. The first-order valence-corrected chi connectivity index (χ1v) is 9.18. The zero-order chi connectivity index (χ0) is 18.2. The first kappa shape index (κ1) is 18.7. The Kier molecular flexibility index (Phi) is 6.88. The fourth-order valence-electron chi connectivity index (χ4n) is 2.91. The van der Waals surface area contributed by atoms with Gasteiger partial charge in [0.15, 0.2) is 11.0 Å². The summed E-state index contributed by atoms with van der Waals surface area (Å²) in [5, 5.41) is 3.81. The number of furan rings is 1. The van der Waals surface area contributed by atoms with Gasteiger partial charge in [0.1, 0.15) is 5.75 Å². The molecule has 0 saturated carbocycles. The second-order valence-corrected chi connectivity index (χ2v) is 6.48. The molecule has 1 aromatic carbocycles.